The van der Waals surface area contributed by atoms with Gasteiger partial charge in [0.05, 0.1) is 13.2 Å². The second kappa shape index (κ2) is 7.01. The predicted molar refractivity (Wildman–Crippen MR) is 66.9 cm³/mol. The van der Waals surface area contributed by atoms with Crippen LogP contribution >= 0.6 is 27.3 Å². The highest BCUT2D eigenvalue weighted by Crippen LogP contribution is 2.24. The molecule has 1 N–H and O–H groups in total. The van der Waals surface area contributed by atoms with E-state index in [0.717, 1.165) is 4.47 Å². The number of aliphatic hydroxyl groups is 1. The van der Waals surface area contributed by atoms with E-state index in [9.17, 15) is 4.79 Å². The molecule has 0 fully saturated rings. The molecule has 1 heterocycles. The molecule has 0 saturated carbocycles. The smallest absolute Gasteiger partial charge is 0.265 e. The van der Waals surface area contributed by atoms with Gasteiger partial charge in [0.25, 0.3) is 5.91 Å². The van der Waals surface area contributed by atoms with Gasteiger partial charge in [-0.25, -0.2) is 0 Å². The van der Waals surface area contributed by atoms with Crippen molar-refractivity contribution >= 4 is 33.2 Å². The van der Waals surface area contributed by atoms with Gasteiger partial charge in [0.15, 0.2) is 0 Å². The number of nitrogens with zero attached hydrogens (tertiary/aromatic N) is 1. The molecule has 0 radical (unpaired) electrons. The lowest BCUT2D eigenvalue weighted by atomic mass is 10.4. The number of methoxy groups -OCH3 is 1. The summed E-state index contributed by atoms with van der Waals surface area (Å²) in [4.78, 5) is 14.3. The Kier molecular flexibility index (Phi) is 5.97. The lowest BCUT2D eigenvalue weighted by Gasteiger charge is -2.20. The Morgan fingerprint density at radius 3 is 2.88 bits per heavy atom. The van der Waals surface area contributed by atoms with E-state index >= 15 is 0 Å². The highest BCUT2D eigenvalue weighted by molar-refractivity contribution is 9.10. The molecule has 16 heavy (non-hydrogen) atoms. The SMILES string of the molecule is COCCN(CCO)C(=O)c1sccc1Br. The molecule has 0 bridgehead atoms. The number of carbonyl (C=O) groups is 1. The van der Waals surface area contributed by atoms with Gasteiger partial charge in [-0.3, -0.25) is 4.79 Å². The van der Waals surface area contributed by atoms with E-state index < -0.39 is 0 Å². The molecular formula is C10H14BrNO3S. The third kappa shape index (κ3) is 3.55. The summed E-state index contributed by atoms with van der Waals surface area (Å²) in [5.74, 6) is -0.0759. The Labute approximate surface area is 107 Å². The van der Waals surface area contributed by atoms with Gasteiger partial charge < -0.3 is 14.7 Å². The van der Waals surface area contributed by atoms with E-state index in [1.165, 1.54) is 11.3 Å². The quantitative estimate of drug-likeness (QED) is 0.868. The van der Waals surface area contributed by atoms with Crippen LogP contribution in [0.25, 0.3) is 0 Å². The maximum absolute atomic E-state index is 12.1. The number of aliphatic hydroxyl groups excluding tert-OH is 1. The second-order valence-electron chi connectivity index (χ2n) is 3.11. The molecule has 0 aliphatic heterocycles. The zero-order valence-electron chi connectivity index (χ0n) is 8.98. The van der Waals surface area contributed by atoms with Gasteiger partial charge in [0.2, 0.25) is 0 Å². The molecule has 1 rings (SSSR count). The molecule has 0 aromatic carbocycles. The molecular weight excluding hydrogens is 294 g/mol. The van der Waals surface area contributed by atoms with Crippen LogP contribution in [0.3, 0.4) is 0 Å². The lowest BCUT2D eigenvalue weighted by Crippen LogP contribution is -2.35. The average Bonchev–Trinajstić information content (AvgIpc) is 2.69. The number of rotatable bonds is 6. The first-order valence-electron chi connectivity index (χ1n) is 4.82. The molecule has 0 unspecified atom stereocenters. The van der Waals surface area contributed by atoms with Crippen LogP contribution in [-0.2, 0) is 4.74 Å². The van der Waals surface area contributed by atoms with Gasteiger partial charge in [0, 0.05) is 24.7 Å². The molecule has 0 saturated heterocycles. The third-order valence-corrected chi connectivity index (χ3v) is 3.86. The van der Waals surface area contributed by atoms with Gasteiger partial charge in [-0.15, -0.1) is 11.3 Å². The molecule has 1 aromatic heterocycles. The summed E-state index contributed by atoms with van der Waals surface area (Å²) in [6.45, 7) is 1.24. The van der Waals surface area contributed by atoms with Gasteiger partial charge in [0.1, 0.15) is 4.88 Å². The van der Waals surface area contributed by atoms with Crippen molar-refractivity contribution < 1.29 is 14.6 Å². The fourth-order valence-electron chi connectivity index (χ4n) is 1.23. The number of hydrogen-bond donors (Lipinski definition) is 1. The molecule has 4 nitrogen and oxygen atoms in total. The summed E-state index contributed by atoms with van der Waals surface area (Å²) in [5.41, 5.74) is 0. The molecule has 0 aliphatic rings. The minimum Gasteiger partial charge on any atom is -0.395 e. The number of thiophene rings is 1. The fourth-order valence-corrected chi connectivity index (χ4v) is 2.73. The highest BCUT2D eigenvalue weighted by Gasteiger charge is 2.18. The zero-order valence-corrected chi connectivity index (χ0v) is 11.4. The summed E-state index contributed by atoms with van der Waals surface area (Å²) in [7, 11) is 1.59. The third-order valence-electron chi connectivity index (χ3n) is 2.03. The van der Waals surface area contributed by atoms with E-state index in [0.29, 0.717) is 24.6 Å². The first-order valence-corrected chi connectivity index (χ1v) is 6.50. The molecule has 6 heteroatoms. The summed E-state index contributed by atoms with van der Waals surface area (Å²) in [6, 6.07) is 1.84. The lowest BCUT2D eigenvalue weighted by molar-refractivity contribution is 0.0660. The Bertz CT molecular complexity index is 343. The standard InChI is InChI=1S/C10H14BrNO3S/c1-15-6-4-12(3-5-13)10(14)9-8(11)2-7-16-9/h2,7,13H,3-6H2,1H3. The molecule has 1 aromatic rings. The van der Waals surface area contributed by atoms with Crippen LogP contribution in [0.1, 0.15) is 9.67 Å². The average molecular weight is 308 g/mol. The zero-order chi connectivity index (χ0) is 12.0. The van der Waals surface area contributed by atoms with Crippen molar-refractivity contribution in [3.63, 3.8) is 0 Å². The first-order chi connectivity index (χ1) is 7.70. The number of amides is 1. The molecule has 1 amide bonds. The van der Waals surface area contributed by atoms with Crippen molar-refractivity contribution in [2.24, 2.45) is 0 Å². The normalized spacial score (nSPS) is 10.4. The maximum Gasteiger partial charge on any atom is 0.265 e. The minimum absolute atomic E-state index is 0.0432. The monoisotopic (exact) mass is 307 g/mol. The van der Waals surface area contributed by atoms with Crippen LogP contribution in [0.15, 0.2) is 15.9 Å². The predicted octanol–water partition coefficient (Wildman–Crippen LogP) is 1.59. The van der Waals surface area contributed by atoms with Crippen molar-refractivity contribution in [1.29, 1.82) is 0 Å². The Morgan fingerprint density at radius 1 is 1.62 bits per heavy atom. The number of halogens is 1. The fraction of sp³-hybridized carbons (Fsp3) is 0.500. The summed E-state index contributed by atoms with van der Waals surface area (Å²) in [5, 5.41) is 10.8. The van der Waals surface area contributed by atoms with Crippen molar-refractivity contribution in [2.75, 3.05) is 33.4 Å². The van der Waals surface area contributed by atoms with Gasteiger partial charge in [-0.05, 0) is 27.4 Å². The Hall–Kier alpha value is -0.430. The largest absolute Gasteiger partial charge is 0.395 e. The highest BCUT2D eigenvalue weighted by atomic mass is 79.9. The topological polar surface area (TPSA) is 49.8 Å². The summed E-state index contributed by atoms with van der Waals surface area (Å²) in [6.07, 6.45) is 0. The molecule has 0 spiro atoms. The van der Waals surface area contributed by atoms with Gasteiger partial charge in [-0.1, -0.05) is 0 Å². The molecule has 0 atom stereocenters. The molecule has 0 aliphatic carbocycles. The first kappa shape index (κ1) is 13.6. The number of ether oxygens (including phenoxy) is 1. The van der Waals surface area contributed by atoms with Crippen LogP contribution in [0.2, 0.25) is 0 Å². The van der Waals surface area contributed by atoms with Crippen molar-refractivity contribution in [3.05, 3.63) is 20.8 Å². The van der Waals surface area contributed by atoms with Gasteiger partial charge >= 0.3 is 0 Å². The van der Waals surface area contributed by atoms with Crippen molar-refractivity contribution in [1.82, 2.24) is 4.90 Å². The van der Waals surface area contributed by atoms with Gasteiger partial charge in [-0.2, -0.15) is 0 Å². The van der Waals surface area contributed by atoms with E-state index in [2.05, 4.69) is 15.9 Å². The number of carbonyl (C=O) groups excluding carboxylic acids is 1. The maximum atomic E-state index is 12.1. The van der Waals surface area contributed by atoms with Crippen molar-refractivity contribution in [3.8, 4) is 0 Å². The summed E-state index contributed by atoms with van der Waals surface area (Å²) < 4.78 is 5.73. The minimum atomic E-state index is -0.0759. The number of hydrogen-bond acceptors (Lipinski definition) is 4. The van der Waals surface area contributed by atoms with Crippen LogP contribution in [0.5, 0.6) is 0 Å². The van der Waals surface area contributed by atoms with E-state index in [4.69, 9.17) is 9.84 Å². The van der Waals surface area contributed by atoms with Crippen LogP contribution in [0, 0.1) is 0 Å². The van der Waals surface area contributed by atoms with E-state index in [1.807, 2.05) is 11.4 Å². The second-order valence-corrected chi connectivity index (χ2v) is 4.88. The summed E-state index contributed by atoms with van der Waals surface area (Å²) >= 11 is 4.71. The van der Waals surface area contributed by atoms with Crippen LogP contribution in [0.4, 0.5) is 0 Å². The van der Waals surface area contributed by atoms with E-state index in [-0.39, 0.29) is 12.5 Å². The van der Waals surface area contributed by atoms with Crippen LogP contribution in [-0.4, -0.2) is 49.3 Å². The van der Waals surface area contributed by atoms with E-state index in [1.54, 1.807) is 12.0 Å². The van der Waals surface area contributed by atoms with Crippen molar-refractivity contribution in [2.45, 2.75) is 0 Å². The Morgan fingerprint density at radius 2 is 2.38 bits per heavy atom. The Balaban J connectivity index is 2.70. The molecule has 90 valence electrons. The van der Waals surface area contributed by atoms with Crippen LogP contribution < -0.4 is 0 Å².